The van der Waals surface area contributed by atoms with Gasteiger partial charge in [-0.05, 0) is 44.7 Å². The Bertz CT molecular complexity index is 238. The number of carbonyl (C=O) groups is 1. The number of halogens is 1. The van der Waals surface area contributed by atoms with Crippen LogP contribution in [0.15, 0.2) is 0 Å². The highest BCUT2D eigenvalue weighted by molar-refractivity contribution is 5.85. The Morgan fingerprint density at radius 3 is 2.47 bits per heavy atom. The number of amides is 1. The van der Waals surface area contributed by atoms with Crippen molar-refractivity contribution in [2.24, 2.45) is 11.8 Å². The van der Waals surface area contributed by atoms with Crippen molar-refractivity contribution in [3.05, 3.63) is 0 Å². The summed E-state index contributed by atoms with van der Waals surface area (Å²) in [4.78, 5) is 14.3. The number of hydrogen-bond donors (Lipinski definition) is 1. The van der Waals surface area contributed by atoms with Gasteiger partial charge < -0.3 is 10.2 Å². The minimum atomic E-state index is 0. The molecule has 0 aromatic heterocycles. The van der Waals surface area contributed by atoms with Crippen molar-refractivity contribution in [1.29, 1.82) is 0 Å². The number of nitrogens with zero attached hydrogens (tertiary/aromatic N) is 1. The third-order valence-corrected chi connectivity index (χ3v) is 4.30. The van der Waals surface area contributed by atoms with E-state index in [1.807, 2.05) is 0 Å². The molecule has 1 aliphatic rings. The van der Waals surface area contributed by atoms with E-state index in [1.54, 1.807) is 0 Å². The molecule has 0 aliphatic carbocycles. The maximum Gasteiger partial charge on any atom is 0.222 e. The Morgan fingerprint density at radius 2 is 2.00 bits per heavy atom. The van der Waals surface area contributed by atoms with Gasteiger partial charge in [-0.15, -0.1) is 12.4 Å². The molecule has 1 atom stereocenters. The summed E-state index contributed by atoms with van der Waals surface area (Å²) in [5.41, 5.74) is 0. The first-order chi connectivity index (χ1) is 8.71. The third kappa shape index (κ3) is 6.62. The first kappa shape index (κ1) is 18.7. The van der Waals surface area contributed by atoms with Crippen LogP contribution in [0.3, 0.4) is 0 Å². The van der Waals surface area contributed by atoms with Crippen LogP contribution >= 0.6 is 12.4 Å². The molecule has 1 amide bonds. The highest BCUT2D eigenvalue weighted by Crippen LogP contribution is 2.16. The molecule has 1 saturated heterocycles. The largest absolute Gasteiger partial charge is 0.343 e. The Hall–Kier alpha value is -0.280. The fourth-order valence-corrected chi connectivity index (χ4v) is 2.71. The van der Waals surface area contributed by atoms with Gasteiger partial charge in [0.2, 0.25) is 5.91 Å². The van der Waals surface area contributed by atoms with Gasteiger partial charge in [0.05, 0.1) is 0 Å². The van der Waals surface area contributed by atoms with Crippen LogP contribution in [0.25, 0.3) is 0 Å². The SMILES string of the molecule is CCC(CC)CN(CC)C(=O)CCC1CCNC1.Cl. The van der Waals surface area contributed by atoms with Crippen molar-refractivity contribution in [3.63, 3.8) is 0 Å². The second-order valence-corrected chi connectivity index (χ2v) is 5.51. The molecule has 0 radical (unpaired) electrons. The summed E-state index contributed by atoms with van der Waals surface area (Å²) in [6, 6.07) is 0. The Morgan fingerprint density at radius 1 is 1.32 bits per heavy atom. The molecule has 0 aromatic rings. The third-order valence-electron chi connectivity index (χ3n) is 4.30. The molecular weight excluding hydrogens is 260 g/mol. The smallest absolute Gasteiger partial charge is 0.222 e. The van der Waals surface area contributed by atoms with E-state index < -0.39 is 0 Å². The summed E-state index contributed by atoms with van der Waals surface area (Å²) in [6.45, 7) is 10.6. The molecule has 1 rings (SSSR count). The van der Waals surface area contributed by atoms with E-state index in [9.17, 15) is 4.79 Å². The average Bonchev–Trinajstić information content (AvgIpc) is 2.90. The zero-order valence-corrected chi connectivity index (χ0v) is 13.6. The van der Waals surface area contributed by atoms with Crippen molar-refractivity contribution in [2.75, 3.05) is 26.2 Å². The number of hydrogen-bond acceptors (Lipinski definition) is 2. The molecule has 3 nitrogen and oxygen atoms in total. The quantitative estimate of drug-likeness (QED) is 0.745. The summed E-state index contributed by atoms with van der Waals surface area (Å²) >= 11 is 0. The van der Waals surface area contributed by atoms with Crippen molar-refractivity contribution in [3.8, 4) is 0 Å². The molecule has 1 N–H and O–H groups in total. The summed E-state index contributed by atoms with van der Waals surface area (Å²) < 4.78 is 0. The van der Waals surface area contributed by atoms with Gasteiger partial charge in [0, 0.05) is 19.5 Å². The molecule has 0 aromatic carbocycles. The van der Waals surface area contributed by atoms with E-state index in [0.717, 1.165) is 44.9 Å². The maximum absolute atomic E-state index is 12.2. The lowest BCUT2D eigenvalue weighted by atomic mass is 10.0. The molecule has 0 bridgehead atoms. The standard InChI is InChI=1S/C15H30N2O.ClH/c1-4-13(5-2)12-17(6-3)15(18)8-7-14-9-10-16-11-14;/h13-14,16H,4-12H2,1-3H3;1H. The molecule has 19 heavy (non-hydrogen) atoms. The maximum atomic E-state index is 12.2. The summed E-state index contributed by atoms with van der Waals surface area (Å²) in [5.74, 6) is 1.75. The Kier molecular flexibility index (Phi) is 10.3. The van der Waals surface area contributed by atoms with Gasteiger partial charge in [0.25, 0.3) is 0 Å². The van der Waals surface area contributed by atoms with Gasteiger partial charge in [-0.2, -0.15) is 0 Å². The fraction of sp³-hybridized carbons (Fsp3) is 0.933. The van der Waals surface area contributed by atoms with Crippen LogP contribution in [0.5, 0.6) is 0 Å². The highest BCUT2D eigenvalue weighted by atomic mass is 35.5. The van der Waals surface area contributed by atoms with Crippen molar-refractivity contribution >= 4 is 18.3 Å². The molecule has 0 spiro atoms. The number of carbonyl (C=O) groups excluding carboxylic acids is 1. The number of rotatable bonds is 8. The fourth-order valence-electron chi connectivity index (χ4n) is 2.71. The molecule has 0 saturated carbocycles. The highest BCUT2D eigenvalue weighted by Gasteiger charge is 2.19. The van der Waals surface area contributed by atoms with Crippen molar-refractivity contribution in [1.82, 2.24) is 10.2 Å². The van der Waals surface area contributed by atoms with E-state index >= 15 is 0 Å². The van der Waals surface area contributed by atoms with Crippen molar-refractivity contribution < 1.29 is 4.79 Å². The Balaban J connectivity index is 0.00000324. The van der Waals surface area contributed by atoms with E-state index in [1.165, 1.54) is 19.3 Å². The topological polar surface area (TPSA) is 32.3 Å². The lowest BCUT2D eigenvalue weighted by Crippen LogP contribution is -2.35. The molecule has 1 unspecified atom stereocenters. The minimum Gasteiger partial charge on any atom is -0.343 e. The number of nitrogens with one attached hydrogen (secondary N) is 1. The van der Waals surface area contributed by atoms with Crippen molar-refractivity contribution in [2.45, 2.75) is 52.9 Å². The first-order valence-electron chi connectivity index (χ1n) is 7.69. The van der Waals surface area contributed by atoms with Gasteiger partial charge in [0.1, 0.15) is 0 Å². The zero-order chi connectivity index (χ0) is 13.4. The van der Waals surface area contributed by atoms with Gasteiger partial charge in [-0.1, -0.05) is 26.7 Å². The van der Waals surface area contributed by atoms with Crippen LogP contribution in [0, 0.1) is 11.8 Å². The lowest BCUT2D eigenvalue weighted by molar-refractivity contribution is -0.132. The summed E-state index contributed by atoms with van der Waals surface area (Å²) in [6.07, 6.45) is 5.39. The van der Waals surface area contributed by atoms with E-state index in [-0.39, 0.29) is 12.4 Å². The second kappa shape index (κ2) is 10.5. The molecule has 1 heterocycles. The molecule has 1 fully saturated rings. The predicted molar refractivity (Wildman–Crippen MR) is 83.8 cm³/mol. The average molecular weight is 291 g/mol. The Labute approximate surface area is 124 Å². The van der Waals surface area contributed by atoms with Gasteiger partial charge in [-0.25, -0.2) is 0 Å². The van der Waals surface area contributed by atoms with Crippen LogP contribution in [0.2, 0.25) is 0 Å². The van der Waals surface area contributed by atoms with Gasteiger partial charge >= 0.3 is 0 Å². The van der Waals surface area contributed by atoms with E-state index in [0.29, 0.717) is 11.8 Å². The minimum absolute atomic E-state index is 0. The first-order valence-corrected chi connectivity index (χ1v) is 7.69. The normalized spacial score (nSPS) is 18.4. The van der Waals surface area contributed by atoms with Crippen LogP contribution in [-0.2, 0) is 4.79 Å². The predicted octanol–water partition coefficient (Wildman–Crippen LogP) is 3.08. The lowest BCUT2D eigenvalue weighted by Gasteiger charge is -2.26. The van der Waals surface area contributed by atoms with Gasteiger partial charge in [0.15, 0.2) is 0 Å². The molecule has 114 valence electrons. The van der Waals surface area contributed by atoms with Gasteiger partial charge in [-0.3, -0.25) is 4.79 Å². The molecule has 4 heteroatoms. The van der Waals surface area contributed by atoms with Crippen LogP contribution < -0.4 is 5.32 Å². The van der Waals surface area contributed by atoms with Crippen LogP contribution in [0.1, 0.15) is 52.9 Å². The second-order valence-electron chi connectivity index (χ2n) is 5.51. The summed E-state index contributed by atoms with van der Waals surface area (Å²) in [5, 5.41) is 3.36. The van der Waals surface area contributed by atoms with Crippen LogP contribution in [-0.4, -0.2) is 37.0 Å². The summed E-state index contributed by atoms with van der Waals surface area (Å²) in [7, 11) is 0. The van der Waals surface area contributed by atoms with E-state index in [2.05, 4.69) is 31.0 Å². The monoisotopic (exact) mass is 290 g/mol. The molecule has 1 aliphatic heterocycles. The van der Waals surface area contributed by atoms with Crippen LogP contribution in [0.4, 0.5) is 0 Å². The van der Waals surface area contributed by atoms with E-state index in [4.69, 9.17) is 0 Å². The molecular formula is C15H31ClN2O. The zero-order valence-electron chi connectivity index (χ0n) is 12.8.